The van der Waals surface area contributed by atoms with Gasteiger partial charge in [0.2, 0.25) is 5.91 Å². The molecule has 0 spiro atoms. The van der Waals surface area contributed by atoms with Crippen molar-refractivity contribution < 1.29 is 14.3 Å². The van der Waals surface area contributed by atoms with Crippen molar-refractivity contribution >= 4 is 28.9 Å². The minimum absolute atomic E-state index is 0.0758. The van der Waals surface area contributed by atoms with Crippen LogP contribution in [-0.4, -0.2) is 51.7 Å². The van der Waals surface area contributed by atoms with Gasteiger partial charge in [0.15, 0.2) is 0 Å². The maximum absolute atomic E-state index is 12.1. The van der Waals surface area contributed by atoms with Gasteiger partial charge >= 0.3 is 0 Å². The molecule has 0 aliphatic heterocycles. The lowest BCUT2D eigenvalue weighted by Gasteiger charge is -2.12. The first-order chi connectivity index (χ1) is 13.5. The molecule has 0 bridgehead atoms. The Balaban J connectivity index is 1.73. The summed E-state index contributed by atoms with van der Waals surface area (Å²) in [6.45, 7) is 2.13. The van der Waals surface area contributed by atoms with Crippen LogP contribution in [0.2, 0.25) is 5.02 Å². The van der Waals surface area contributed by atoms with Crippen LogP contribution in [0.25, 0.3) is 0 Å². The Morgan fingerprint density at radius 3 is 2.57 bits per heavy atom. The summed E-state index contributed by atoms with van der Waals surface area (Å²) in [7, 11) is 5.67. The fraction of sp³-hybridized carbons (Fsp3) is 0.381. The highest BCUT2D eigenvalue weighted by molar-refractivity contribution is 6.30. The Kier molecular flexibility index (Phi) is 8.91. The van der Waals surface area contributed by atoms with Crippen LogP contribution < -0.4 is 20.1 Å². The van der Waals surface area contributed by atoms with Crippen LogP contribution in [0.4, 0.5) is 11.4 Å². The molecule has 152 valence electrons. The first-order valence-electron chi connectivity index (χ1n) is 9.23. The van der Waals surface area contributed by atoms with Gasteiger partial charge < -0.3 is 25.0 Å². The molecular weight excluding hydrogens is 378 g/mol. The maximum atomic E-state index is 12.1. The molecule has 2 aromatic rings. The number of hydrogen-bond donors (Lipinski definition) is 2. The van der Waals surface area contributed by atoms with Crippen molar-refractivity contribution in [1.29, 1.82) is 0 Å². The SMILES string of the molecule is COc1ccc(Cl)cc1NCCC(=O)Nc1ccc(OCCCN(C)C)cc1. The molecule has 2 rings (SSSR count). The summed E-state index contributed by atoms with van der Waals surface area (Å²) in [6.07, 6.45) is 1.29. The maximum Gasteiger partial charge on any atom is 0.226 e. The van der Waals surface area contributed by atoms with Crippen molar-refractivity contribution in [2.45, 2.75) is 12.8 Å². The number of hydrogen-bond acceptors (Lipinski definition) is 5. The molecule has 7 heteroatoms. The Hall–Kier alpha value is -2.44. The Morgan fingerprint density at radius 2 is 1.89 bits per heavy atom. The normalized spacial score (nSPS) is 10.6. The van der Waals surface area contributed by atoms with Crippen molar-refractivity contribution in [2.24, 2.45) is 0 Å². The van der Waals surface area contributed by atoms with Crippen molar-refractivity contribution in [2.75, 3.05) is 51.5 Å². The monoisotopic (exact) mass is 405 g/mol. The van der Waals surface area contributed by atoms with Crippen LogP contribution in [-0.2, 0) is 4.79 Å². The van der Waals surface area contributed by atoms with Crippen LogP contribution in [0.3, 0.4) is 0 Å². The number of benzene rings is 2. The van der Waals surface area contributed by atoms with E-state index in [1.165, 1.54) is 0 Å². The number of halogens is 1. The van der Waals surface area contributed by atoms with E-state index >= 15 is 0 Å². The average molecular weight is 406 g/mol. The zero-order chi connectivity index (χ0) is 20.4. The lowest BCUT2D eigenvalue weighted by Crippen LogP contribution is -2.16. The van der Waals surface area contributed by atoms with E-state index < -0.39 is 0 Å². The van der Waals surface area contributed by atoms with Crippen LogP contribution in [0.5, 0.6) is 11.5 Å². The number of carbonyl (C=O) groups excluding carboxylic acids is 1. The average Bonchev–Trinajstić information content (AvgIpc) is 2.66. The van der Waals surface area contributed by atoms with Gasteiger partial charge in [-0.2, -0.15) is 0 Å². The van der Waals surface area contributed by atoms with Gasteiger partial charge in [-0.15, -0.1) is 0 Å². The highest BCUT2D eigenvalue weighted by Gasteiger charge is 2.06. The van der Waals surface area contributed by atoms with E-state index in [2.05, 4.69) is 15.5 Å². The molecule has 0 atom stereocenters. The molecule has 0 saturated carbocycles. The van der Waals surface area contributed by atoms with Gasteiger partial charge in [-0.1, -0.05) is 11.6 Å². The molecule has 0 aliphatic rings. The Bertz CT molecular complexity index is 751. The number of carbonyl (C=O) groups is 1. The summed E-state index contributed by atoms with van der Waals surface area (Å²) in [5.41, 5.74) is 1.50. The number of methoxy groups -OCH3 is 1. The van der Waals surface area contributed by atoms with Crippen LogP contribution in [0, 0.1) is 0 Å². The summed E-state index contributed by atoms with van der Waals surface area (Å²) >= 11 is 6.00. The Labute approximate surface area is 171 Å². The third kappa shape index (κ3) is 7.66. The summed E-state index contributed by atoms with van der Waals surface area (Å²) in [5, 5.41) is 6.66. The smallest absolute Gasteiger partial charge is 0.226 e. The molecule has 28 heavy (non-hydrogen) atoms. The summed E-state index contributed by atoms with van der Waals surface area (Å²) < 4.78 is 11.0. The third-order valence-electron chi connectivity index (χ3n) is 3.99. The second-order valence-electron chi connectivity index (χ2n) is 6.60. The number of rotatable bonds is 11. The molecule has 0 unspecified atom stereocenters. The van der Waals surface area contributed by atoms with E-state index in [-0.39, 0.29) is 5.91 Å². The molecule has 0 heterocycles. The predicted octanol–water partition coefficient (Wildman–Crippen LogP) is 4.12. The number of nitrogens with zero attached hydrogens (tertiary/aromatic N) is 1. The van der Waals surface area contributed by atoms with E-state index in [0.29, 0.717) is 30.3 Å². The molecule has 0 saturated heterocycles. The van der Waals surface area contributed by atoms with Crippen molar-refractivity contribution in [3.05, 3.63) is 47.5 Å². The van der Waals surface area contributed by atoms with E-state index in [0.717, 1.165) is 30.1 Å². The zero-order valence-electron chi connectivity index (χ0n) is 16.6. The van der Waals surface area contributed by atoms with Gasteiger partial charge in [0.1, 0.15) is 11.5 Å². The van der Waals surface area contributed by atoms with E-state index in [1.54, 1.807) is 25.3 Å². The molecule has 0 radical (unpaired) electrons. The van der Waals surface area contributed by atoms with Gasteiger partial charge in [-0.3, -0.25) is 4.79 Å². The topological polar surface area (TPSA) is 62.8 Å². The van der Waals surface area contributed by atoms with Crippen LogP contribution in [0.1, 0.15) is 12.8 Å². The first-order valence-corrected chi connectivity index (χ1v) is 9.60. The van der Waals surface area contributed by atoms with Gasteiger partial charge in [0, 0.05) is 30.2 Å². The number of anilines is 2. The fourth-order valence-electron chi connectivity index (χ4n) is 2.56. The molecule has 0 fully saturated rings. The van der Waals surface area contributed by atoms with Crippen molar-refractivity contribution in [3.8, 4) is 11.5 Å². The second kappa shape index (κ2) is 11.4. The first kappa shape index (κ1) is 21.9. The summed E-state index contributed by atoms with van der Waals surface area (Å²) in [4.78, 5) is 14.3. The molecule has 1 amide bonds. The number of nitrogens with one attached hydrogen (secondary N) is 2. The molecular formula is C21H28ClN3O3. The van der Waals surface area contributed by atoms with Crippen LogP contribution in [0.15, 0.2) is 42.5 Å². The minimum atomic E-state index is -0.0758. The van der Waals surface area contributed by atoms with E-state index in [4.69, 9.17) is 21.1 Å². The van der Waals surface area contributed by atoms with Gasteiger partial charge in [-0.25, -0.2) is 0 Å². The second-order valence-corrected chi connectivity index (χ2v) is 7.04. The van der Waals surface area contributed by atoms with Crippen molar-refractivity contribution in [3.63, 3.8) is 0 Å². The van der Waals surface area contributed by atoms with E-state index in [9.17, 15) is 4.79 Å². The number of ether oxygens (including phenoxy) is 2. The Morgan fingerprint density at radius 1 is 1.14 bits per heavy atom. The highest BCUT2D eigenvalue weighted by atomic mass is 35.5. The van der Waals surface area contributed by atoms with Crippen molar-refractivity contribution in [1.82, 2.24) is 4.90 Å². The van der Waals surface area contributed by atoms with Crippen LogP contribution >= 0.6 is 11.6 Å². The standard InChI is InChI=1S/C21H28ClN3O3/c1-25(2)13-4-14-28-18-8-6-17(7-9-18)24-21(26)11-12-23-19-15-16(22)5-10-20(19)27-3/h5-10,15,23H,4,11-14H2,1-3H3,(H,24,26). The largest absolute Gasteiger partial charge is 0.495 e. The van der Waals surface area contributed by atoms with E-state index in [1.807, 2.05) is 38.4 Å². The third-order valence-corrected chi connectivity index (χ3v) is 4.22. The predicted molar refractivity (Wildman–Crippen MR) is 115 cm³/mol. The van der Waals surface area contributed by atoms with Gasteiger partial charge in [-0.05, 0) is 63.0 Å². The zero-order valence-corrected chi connectivity index (χ0v) is 17.4. The quantitative estimate of drug-likeness (QED) is 0.550. The minimum Gasteiger partial charge on any atom is -0.495 e. The molecule has 0 aliphatic carbocycles. The summed E-state index contributed by atoms with van der Waals surface area (Å²) in [5.74, 6) is 1.41. The highest BCUT2D eigenvalue weighted by Crippen LogP contribution is 2.27. The molecule has 6 nitrogen and oxygen atoms in total. The number of amides is 1. The lowest BCUT2D eigenvalue weighted by molar-refractivity contribution is -0.115. The lowest BCUT2D eigenvalue weighted by atomic mass is 10.2. The fourth-order valence-corrected chi connectivity index (χ4v) is 2.73. The molecule has 2 N–H and O–H groups in total. The summed E-state index contributed by atoms with van der Waals surface area (Å²) in [6, 6.07) is 12.7. The molecule has 0 aromatic heterocycles. The van der Waals surface area contributed by atoms with Gasteiger partial charge in [0.05, 0.1) is 19.4 Å². The van der Waals surface area contributed by atoms with Gasteiger partial charge in [0.25, 0.3) is 0 Å². The molecule has 2 aromatic carbocycles.